The Balaban J connectivity index is 1.53. The molecule has 2 aliphatic rings. The number of aromatic amines is 1. The maximum absolute atomic E-state index is 13.2. The molecule has 13 heteroatoms. The van der Waals surface area contributed by atoms with Gasteiger partial charge in [0.05, 0.1) is 17.0 Å². The minimum Gasteiger partial charge on any atom is -0.548 e. The van der Waals surface area contributed by atoms with Crippen molar-refractivity contribution in [2.24, 2.45) is 10.9 Å². The monoisotopic (exact) mass is 581 g/mol. The quantitative estimate of drug-likeness (QED) is 0.232. The summed E-state index contributed by atoms with van der Waals surface area (Å²) < 4.78 is 53.0. The number of sulfonamides is 1. The van der Waals surface area contributed by atoms with Crippen LogP contribution in [0.2, 0.25) is 5.02 Å². The number of furan rings is 1. The highest BCUT2D eigenvalue weighted by Crippen LogP contribution is 2.41. The first-order chi connectivity index (χ1) is 18.1. The number of aromatic hydroxyl groups is 1. The van der Waals surface area contributed by atoms with Crippen LogP contribution in [-0.2, 0) is 10.0 Å². The van der Waals surface area contributed by atoms with E-state index in [9.17, 15) is 18.1 Å². The van der Waals surface area contributed by atoms with Gasteiger partial charge in [-0.05, 0) is 61.3 Å². The number of hydrogen-bond donors (Lipinski definition) is 3. The summed E-state index contributed by atoms with van der Waals surface area (Å²) in [6.45, 7) is 4.93. The van der Waals surface area contributed by atoms with Gasteiger partial charge in [-0.3, -0.25) is 0 Å². The van der Waals surface area contributed by atoms with Crippen LogP contribution in [0.3, 0.4) is 0 Å². The summed E-state index contributed by atoms with van der Waals surface area (Å²) in [5.74, 6) is 0.902. The molecule has 2 aromatic heterocycles. The van der Waals surface area contributed by atoms with Crippen LogP contribution in [-0.4, -0.2) is 44.2 Å². The Hall–Kier alpha value is -2.38. The van der Waals surface area contributed by atoms with E-state index in [0.717, 1.165) is 49.8 Å². The number of benzene rings is 1. The fourth-order valence-electron chi connectivity index (χ4n) is 5.17. The molecule has 1 aliphatic heterocycles. The Kier molecular flexibility index (Phi) is 7.88. The zero-order valence-corrected chi connectivity index (χ0v) is 23.7. The zero-order chi connectivity index (χ0) is 27.0. The highest BCUT2D eigenvalue weighted by Gasteiger charge is 2.33. The van der Waals surface area contributed by atoms with Crippen LogP contribution in [0.15, 0.2) is 38.8 Å². The largest absolute Gasteiger partial charge is 0.548 e. The van der Waals surface area contributed by atoms with Crippen molar-refractivity contribution >= 4 is 44.3 Å². The number of phenols is 1. The van der Waals surface area contributed by atoms with Gasteiger partial charge in [-0.25, -0.2) is 13.4 Å². The van der Waals surface area contributed by atoms with Crippen molar-refractivity contribution < 1.29 is 22.5 Å². The Morgan fingerprint density at radius 2 is 1.97 bits per heavy atom. The molecule has 2 atom stereocenters. The van der Waals surface area contributed by atoms with Gasteiger partial charge in [0.15, 0.2) is 16.9 Å². The van der Waals surface area contributed by atoms with Crippen molar-refractivity contribution in [3.8, 4) is 5.75 Å². The molecule has 0 spiro atoms. The molecule has 2 fully saturated rings. The summed E-state index contributed by atoms with van der Waals surface area (Å²) in [6, 6.07) is 4.58. The number of phenolic OH excluding ortho intramolecular Hbond substituents is 1. The Morgan fingerprint density at radius 1 is 1.26 bits per heavy atom. The van der Waals surface area contributed by atoms with Crippen LogP contribution in [0, 0.1) is 5.92 Å². The van der Waals surface area contributed by atoms with E-state index < -0.39 is 26.9 Å². The Labute approximate surface area is 229 Å². The van der Waals surface area contributed by atoms with Gasteiger partial charge in [0.1, 0.15) is 16.7 Å². The maximum atomic E-state index is 13.2. The number of hydrogen-bond acceptors (Lipinski definition) is 8. The summed E-state index contributed by atoms with van der Waals surface area (Å²) in [6.07, 6.45) is 7.46. The van der Waals surface area contributed by atoms with Gasteiger partial charge in [-0.15, -0.1) is 4.37 Å². The second-order valence-electron chi connectivity index (χ2n) is 10.2. The highest BCUT2D eigenvalue weighted by molar-refractivity contribution is 7.89. The fraction of sp³-hybridized carbons (Fsp3) is 0.520. The first kappa shape index (κ1) is 27.2. The summed E-state index contributed by atoms with van der Waals surface area (Å²) in [5, 5.41) is 13.9. The van der Waals surface area contributed by atoms with Gasteiger partial charge >= 0.3 is 0 Å². The van der Waals surface area contributed by atoms with Crippen molar-refractivity contribution in [1.82, 2.24) is 13.1 Å². The number of halogens is 1. The highest BCUT2D eigenvalue weighted by atomic mass is 35.5. The molecule has 38 heavy (non-hydrogen) atoms. The van der Waals surface area contributed by atoms with Gasteiger partial charge in [0.2, 0.25) is 21.3 Å². The number of rotatable bonds is 8. The lowest BCUT2D eigenvalue weighted by Crippen LogP contribution is -2.28. The number of nitrogens with one attached hydrogen (secondary N) is 2. The summed E-state index contributed by atoms with van der Waals surface area (Å²) in [4.78, 5) is 4.54. The van der Waals surface area contributed by atoms with Gasteiger partial charge in [-0.2, -0.15) is 4.31 Å². The van der Waals surface area contributed by atoms with Gasteiger partial charge in [0.25, 0.3) is 0 Å². The van der Waals surface area contributed by atoms with E-state index in [1.54, 1.807) is 6.26 Å². The molecule has 0 amide bonds. The third-order valence-corrected chi connectivity index (χ3v) is 10.4. The maximum Gasteiger partial charge on any atom is 0.248 e. The smallest absolute Gasteiger partial charge is 0.248 e. The van der Waals surface area contributed by atoms with Crippen LogP contribution >= 0.6 is 22.7 Å². The van der Waals surface area contributed by atoms with E-state index in [1.165, 1.54) is 16.4 Å². The first-order valence-corrected chi connectivity index (χ1v) is 15.8. The lowest BCUT2D eigenvalue weighted by atomic mass is 9.95. The molecule has 1 saturated heterocycles. The number of aromatic nitrogens is 2. The summed E-state index contributed by atoms with van der Waals surface area (Å²) >= 11 is 4.46. The second-order valence-corrected chi connectivity index (χ2v) is 13.4. The molecule has 3 aromatic rings. The molecule has 3 N–H and O–H groups in total. The lowest BCUT2D eigenvalue weighted by molar-refractivity contribution is 0.365. The Morgan fingerprint density at radius 3 is 2.63 bits per heavy atom. The zero-order valence-electron chi connectivity index (χ0n) is 21.3. The Bertz CT molecular complexity index is 1470. The van der Waals surface area contributed by atoms with Crippen LogP contribution in [0.25, 0.3) is 0 Å². The topological polar surface area (TPSA) is 147 Å². The predicted octanol–water partition coefficient (Wildman–Crippen LogP) is 5.57. The third kappa shape index (κ3) is 5.37. The molecule has 5 rings (SSSR count). The van der Waals surface area contributed by atoms with Crippen LogP contribution in [0.4, 0.5) is 11.5 Å². The van der Waals surface area contributed by atoms with Gasteiger partial charge < -0.3 is 19.4 Å². The standard InChI is InChI=1S/C25H32ClN5O5S2/c1-15(2)17-13-20(36-14-17)21(16-7-3-4-8-16)28-25-24(29-37(33)30-25)27-19-10-9-18(26)23(22(19)32)38(34,35)31-11-5-6-12-31/h9-10,13-16,21,32H,3-8,11-12H2,1-2H3,(H,27,29)(H,28,30)/t21-,37?/m1/s1. The third-order valence-electron chi connectivity index (χ3n) is 7.29. The predicted molar refractivity (Wildman–Crippen MR) is 145 cm³/mol. The molecule has 1 aromatic carbocycles. The average molecular weight is 582 g/mol. The molecular formula is C25H32ClN5O5S2. The van der Waals surface area contributed by atoms with Gasteiger partial charge in [0, 0.05) is 17.5 Å². The van der Waals surface area contributed by atoms with E-state index >= 15 is 0 Å². The first-order valence-electron chi connectivity index (χ1n) is 12.9. The lowest BCUT2D eigenvalue weighted by Gasteiger charge is -2.19. The molecule has 0 bridgehead atoms. The van der Waals surface area contributed by atoms with Crippen molar-refractivity contribution in [2.45, 2.75) is 69.2 Å². The van der Waals surface area contributed by atoms with E-state index in [2.05, 4.69) is 27.9 Å². The molecule has 1 aliphatic carbocycles. The molecule has 1 unspecified atom stereocenters. The number of nitrogens with zero attached hydrogens (tertiary/aromatic N) is 3. The molecule has 206 valence electrons. The van der Waals surface area contributed by atoms with Crippen molar-refractivity contribution in [2.75, 3.05) is 18.4 Å². The summed E-state index contributed by atoms with van der Waals surface area (Å²) in [7, 11) is -4.00. The average Bonchev–Trinajstić information content (AvgIpc) is 3.66. The molecular weight excluding hydrogens is 550 g/mol. The van der Waals surface area contributed by atoms with E-state index in [1.807, 2.05) is 6.07 Å². The minimum absolute atomic E-state index is 0.0665. The minimum atomic E-state index is -4.00. The van der Waals surface area contributed by atoms with Crippen molar-refractivity contribution in [3.63, 3.8) is 0 Å². The molecule has 0 radical (unpaired) electrons. The van der Waals surface area contributed by atoms with Crippen molar-refractivity contribution in [3.05, 3.63) is 46.3 Å². The van der Waals surface area contributed by atoms with E-state index in [0.29, 0.717) is 19.0 Å². The normalized spacial score (nSPS) is 19.1. The number of H-pyrrole nitrogens is 1. The van der Waals surface area contributed by atoms with E-state index in [4.69, 9.17) is 21.0 Å². The molecule has 10 nitrogen and oxygen atoms in total. The van der Waals surface area contributed by atoms with E-state index in [-0.39, 0.29) is 38.9 Å². The van der Waals surface area contributed by atoms with Crippen molar-refractivity contribution in [1.29, 1.82) is 0 Å². The number of anilines is 2. The molecule has 3 heterocycles. The fourth-order valence-corrected chi connectivity index (χ4v) is 7.94. The van der Waals surface area contributed by atoms with Crippen LogP contribution in [0.5, 0.6) is 5.75 Å². The second kappa shape index (κ2) is 11.0. The molecule has 1 saturated carbocycles. The van der Waals surface area contributed by atoms with Crippen LogP contribution in [0.1, 0.15) is 75.7 Å². The van der Waals surface area contributed by atoms with Crippen LogP contribution < -0.4 is 10.8 Å². The summed E-state index contributed by atoms with van der Waals surface area (Å²) in [5.41, 5.74) is 1.40. The SMILES string of the molecule is CC(C)c1coc([C@H](N=c2[nH][s+]([O-])nc2Nc2ccc(Cl)c(S(=O)(=O)N3CCCC3)c2O)C2CCCC2)c1. The van der Waals surface area contributed by atoms with Gasteiger partial charge in [-0.1, -0.05) is 38.3 Å².